The zero-order chi connectivity index (χ0) is 13.2. The van der Waals surface area contributed by atoms with E-state index in [1.165, 1.54) is 27.5 Å². The molecule has 1 nitrogen and oxygen atoms in total. The van der Waals surface area contributed by atoms with Crippen molar-refractivity contribution in [3.63, 3.8) is 0 Å². The number of nitrogens with two attached hydrogens (primary N) is 1. The molecule has 3 aromatic rings. The van der Waals surface area contributed by atoms with Crippen molar-refractivity contribution >= 4 is 16.5 Å². The molecule has 0 heterocycles. The van der Waals surface area contributed by atoms with Gasteiger partial charge in [-0.15, -0.1) is 0 Å². The fourth-order valence-corrected chi connectivity index (χ4v) is 2.38. The summed E-state index contributed by atoms with van der Waals surface area (Å²) in [6, 6.07) is 21.3. The van der Waals surface area contributed by atoms with E-state index in [0.717, 1.165) is 12.1 Å². The minimum atomic E-state index is 0.813. The Labute approximate surface area is 113 Å². The van der Waals surface area contributed by atoms with Crippen molar-refractivity contribution in [1.82, 2.24) is 0 Å². The Hall–Kier alpha value is -2.28. The van der Waals surface area contributed by atoms with Crippen LogP contribution in [0.25, 0.3) is 21.9 Å². The van der Waals surface area contributed by atoms with Crippen molar-refractivity contribution in [3.8, 4) is 11.1 Å². The number of benzene rings is 3. The van der Waals surface area contributed by atoms with Crippen molar-refractivity contribution in [2.24, 2.45) is 0 Å². The second-order valence-corrected chi connectivity index (χ2v) is 4.87. The van der Waals surface area contributed by atoms with Crippen LogP contribution in [0, 0.1) is 0 Å². The highest BCUT2D eigenvalue weighted by Crippen LogP contribution is 2.26. The summed E-state index contributed by atoms with van der Waals surface area (Å²) in [5, 5.41) is 2.42. The minimum Gasteiger partial charge on any atom is -0.399 e. The number of hydrogen-bond acceptors (Lipinski definition) is 1. The van der Waals surface area contributed by atoms with E-state index < -0.39 is 0 Å². The molecule has 0 aliphatic heterocycles. The van der Waals surface area contributed by atoms with E-state index in [2.05, 4.69) is 55.5 Å². The van der Waals surface area contributed by atoms with Gasteiger partial charge in [0.2, 0.25) is 0 Å². The van der Waals surface area contributed by atoms with Gasteiger partial charge in [0, 0.05) is 5.69 Å². The number of aryl methyl sites for hydroxylation is 1. The molecule has 0 spiro atoms. The Morgan fingerprint density at radius 2 is 1.37 bits per heavy atom. The molecule has 94 valence electrons. The summed E-state index contributed by atoms with van der Waals surface area (Å²) in [5.74, 6) is 0. The Morgan fingerprint density at radius 1 is 0.737 bits per heavy atom. The van der Waals surface area contributed by atoms with E-state index in [0.29, 0.717) is 0 Å². The summed E-state index contributed by atoms with van der Waals surface area (Å²) in [4.78, 5) is 0. The predicted molar refractivity (Wildman–Crippen MR) is 83.2 cm³/mol. The number of anilines is 1. The van der Waals surface area contributed by atoms with E-state index in [9.17, 15) is 0 Å². The lowest BCUT2D eigenvalue weighted by Crippen LogP contribution is -1.85. The molecule has 0 atom stereocenters. The lowest BCUT2D eigenvalue weighted by molar-refractivity contribution is 1.14. The van der Waals surface area contributed by atoms with Gasteiger partial charge in [-0.05, 0) is 52.1 Å². The highest BCUT2D eigenvalue weighted by molar-refractivity contribution is 5.89. The van der Waals surface area contributed by atoms with Gasteiger partial charge in [-0.1, -0.05) is 49.4 Å². The number of nitrogen functional groups attached to an aromatic ring is 1. The third kappa shape index (κ3) is 2.32. The van der Waals surface area contributed by atoms with Gasteiger partial charge in [0.25, 0.3) is 0 Å². The molecule has 0 aliphatic carbocycles. The van der Waals surface area contributed by atoms with Crippen LogP contribution in [0.3, 0.4) is 0 Å². The molecule has 0 radical (unpaired) electrons. The van der Waals surface area contributed by atoms with Crippen LogP contribution in [0.5, 0.6) is 0 Å². The highest BCUT2D eigenvalue weighted by atomic mass is 14.5. The van der Waals surface area contributed by atoms with Crippen molar-refractivity contribution in [2.45, 2.75) is 13.3 Å². The Morgan fingerprint density at radius 3 is 2.11 bits per heavy atom. The first kappa shape index (κ1) is 11.8. The van der Waals surface area contributed by atoms with Crippen LogP contribution in [0.15, 0.2) is 60.7 Å². The molecular formula is C18H17N. The Kier molecular flexibility index (Phi) is 2.96. The fourth-order valence-electron chi connectivity index (χ4n) is 2.38. The predicted octanol–water partition coefficient (Wildman–Crippen LogP) is 4.65. The number of fused-ring (bicyclic) bond motifs is 1. The molecule has 3 rings (SSSR count). The molecule has 19 heavy (non-hydrogen) atoms. The zero-order valence-electron chi connectivity index (χ0n) is 11.1. The molecule has 2 N–H and O–H groups in total. The van der Waals surface area contributed by atoms with Crippen LogP contribution in [0.1, 0.15) is 12.5 Å². The van der Waals surface area contributed by atoms with Crippen LogP contribution in [-0.2, 0) is 6.42 Å². The summed E-state index contributed by atoms with van der Waals surface area (Å²) in [6.07, 6.45) is 1.08. The quantitative estimate of drug-likeness (QED) is 0.655. The Bertz CT molecular complexity index is 711. The van der Waals surface area contributed by atoms with E-state index in [1.807, 2.05) is 12.1 Å². The smallest absolute Gasteiger partial charge is 0.0320 e. The molecule has 1 heteroatoms. The van der Waals surface area contributed by atoms with Crippen LogP contribution in [0.2, 0.25) is 0 Å². The van der Waals surface area contributed by atoms with Crippen LogP contribution >= 0.6 is 0 Å². The largest absolute Gasteiger partial charge is 0.399 e. The van der Waals surface area contributed by atoms with Crippen LogP contribution < -0.4 is 5.73 Å². The van der Waals surface area contributed by atoms with Gasteiger partial charge in [0.15, 0.2) is 0 Å². The van der Waals surface area contributed by atoms with Gasteiger partial charge < -0.3 is 5.73 Å². The highest BCUT2D eigenvalue weighted by Gasteiger charge is 2.00. The lowest BCUT2D eigenvalue weighted by atomic mass is 9.99. The summed E-state index contributed by atoms with van der Waals surface area (Å²) in [5.41, 5.74) is 10.5. The standard InChI is InChI=1S/C18H17N/c1-2-13-3-5-14(6-4-13)15-7-8-17-12-18(19)10-9-16(17)11-15/h3-12H,2,19H2,1H3. The van der Waals surface area contributed by atoms with Gasteiger partial charge >= 0.3 is 0 Å². The molecule has 0 saturated carbocycles. The molecule has 0 aliphatic rings. The monoisotopic (exact) mass is 247 g/mol. The van der Waals surface area contributed by atoms with Crippen molar-refractivity contribution in [3.05, 3.63) is 66.2 Å². The van der Waals surface area contributed by atoms with E-state index in [4.69, 9.17) is 5.73 Å². The van der Waals surface area contributed by atoms with Crippen LogP contribution in [0.4, 0.5) is 5.69 Å². The first-order valence-corrected chi connectivity index (χ1v) is 6.65. The van der Waals surface area contributed by atoms with Gasteiger partial charge in [-0.3, -0.25) is 0 Å². The number of rotatable bonds is 2. The molecule has 0 unspecified atom stereocenters. The van der Waals surface area contributed by atoms with Gasteiger partial charge in [0.1, 0.15) is 0 Å². The molecule has 3 aromatic carbocycles. The Balaban J connectivity index is 2.06. The molecule has 0 bridgehead atoms. The third-order valence-corrected chi connectivity index (χ3v) is 3.56. The van der Waals surface area contributed by atoms with Gasteiger partial charge in [0.05, 0.1) is 0 Å². The summed E-state index contributed by atoms with van der Waals surface area (Å²) < 4.78 is 0. The summed E-state index contributed by atoms with van der Waals surface area (Å²) in [6.45, 7) is 2.18. The maximum Gasteiger partial charge on any atom is 0.0320 e. The lowest BCUT2D eigenvalue weighted by Gasteiger charge is -2.06. The van der Waals surface area contributed by atoms with E-state index in [-0.39, 0.29) is 0 Å². The molecule has 0 fully saturated rings. The van der Waals surface area contributed by atoms with Crippen LogP contribution in [-0.4, -0.2) is 0 Å². The first-order valence-electron chi connectivity index (χ1n) is 6.65. The molecule has 0 saturated heterocycles. The summed E-state index contributed by atoms with van der Waals surface area (Å²) >= 11 is 0. The third-order valence-electron chi connectivity index (χ3n) is 3.56. The van der Waals surface area contributed by atoms with Crippen molar-refractivity contribution in [1.29, 1.82) is 0 Å². The topological polar surface area (TPSA) is 26.0 Å². The maximum atomic E-state index is 5.80. The van der Waals surface area contributed by atoms with Gasteiger partial charge in [-0.2, -0.15) is 0 Å². The SMILES string of the molecule is CCc1ccc(-c2ccc3cc(N)ccc3c2)cc1. The zero-order valence-corrected chi connectivity index (χ0v) is 11.1. The average Bonchev–Trinajstić information content (AvgIpc) is 2.47. The first-order chi connectivity index (χ1) is 9.26. The van der Waals surface area contributed by atoms with E-state index >= 15 is 0 Å². The molecule has 0 amide bonds. The van der Waals surface area contributed by atoms with E-state index in [1.54, 1.807) is 0 Å². The second kappa shape index (κ2) is 4.77. The molecular weight excluding hydrogens is 230 g/mol. The van der Waals surface area contributed by atoms with Crippen molar-refractivity contribution < 1.29 is 0 Å². The van der Waals surface area contributed by atoms with Crippen molar-refractivity contribution in [2.75, 3.05) is 5.73 Å². The fraction of sp³-hybridized carbons (Fsp3) is 0.111. The average molecular weight is 247 g/mol. The number of hydrogen-bond donors (Lipinski definition) is 1. The van der Waals surface area contributed by atoms with Gasteiger partial charge in [-0.25, -0.2) is 0 Å². The second-order valence-electron chi connectivity index (χ2n) is 4.87. The normalized spacial score (nSPS) is 10.8. The summed E-state index contributed by atoms with van der Waals surface area (Å²) in [7, 11) is 0. The minimum absolute atomic E-state index is 0.813. The molecule has 0 aromatic heterocycles. The maximum absolute atomic E-state index is 5.80.